The van der Waals surface area contributed by atoms with E-state index in [1.165, 1.54) is 175 Å². The molecular formula is C120H90B4Br3F2N2O4S2. The number of thiol groups is 2. The van der Waals surface area contributed by atoms with Crippen molar-refractivity contribution in [3.63, 3.8) is 0 Å². The summed E-state index contributed by atoms with van der Waals surface area (Å²) in [5.41, 5.74) is 18.1. The maximum Gasteiger partial charge on any atom is -0.00264 e. The number of hydrogen-bond acceptors (Lipinski definition) is 8. The predicted molar refractivity (Wildman–Crippen MR) is 602 cm³/mol. The van der Waals surface area contributed by atoms with Crippen LogP contribution in [-0.4, -0.2) is 59.5 Å². The number of fused-ring (bicyclic) bond motifs is 10. The van der Waals surface area contributed by atoms with Gasteiger partial charge < -0.3 is 19.7 Å². The summed E-state index contributed by atoms with van der Waals surface area (Å²) in [6, 6.07) is 168. The Kier molecular flexibility index (Phi) is 35.3. The second kappa shape index (κ2) is 50.1. The summed E-state index contributed by atoms with van der Waals surface area (Å²) in [6.45, 7) is 0. The van der Waals surface area contributed by atoms with Crippen molar-refractivity contribution in [2.45, 2.75) is 0 Å². The molecule has 0 aliphatic carbocycles. The van der Waals surface area contributed by atoms with E-state index < -0.39 is 21.4 Å². The van der Waals surface area contributed by atoms with E-state index in [9.17, 15) is 8.78 Å². The molecule has 0 spiro atoms. The van der Waals surface area contributed by atoms with Gasteiger partial charge in [-0.2, -0.15) is 0 Å². The van der Waals surface area contributed by atoms with Crippen LogP contribution in [0.2, 0.25) is 0 Å². The Balaban J connectivity index is 0.000000135. The smallest absolute Gasteiger partial charge is 0.00264 e. The summed E-state index contributed by atoms with van der Waals surface area (Å²) in [7, 11) is 6.02. The van der Waals surface area contributed by atoms with Gasteiger partial charge >= 0.3 is 64.3 Å². The van der Waals surface area contributed by atoms with Crippen LogP contribution in [-0.2, 0) is 0 Å². The molecule has 137 heavy (non-hydrogen) atoms. The summed E-state index contributed by atoms with van der Waals surface area (Å²) in [5.74, 6) is 0.640. The molecule has 0 saturated carbocycles. The van der Waals surface area contributed by atoms with Crippen molar-refractivity contribution in [2.75, 3.05) is 14.3 Å². The van der Waals surface area contributed by atoms with Crippen LogP contribution in [0.4, 0.5) is 8.78 Å². The van der Waals surface area contributed by atoms with Gasteiger partial charge in [0.05, 0.1) is 17.0 Å². The molecule has 0 amide bonds. The molecule has 0 aromatic heterocycles. The van der Waals surface area contributed by atoms with E-state index >= 15 is 0 Å². The summed E-state index contributed by atoms with van der Waals surface area (Å²) in [5, 5.41) is 50.7. The SMILES string of the molecule is Brc1c2ccc(-c3ccccc3)cc2cc2ccc(-c3ccccc3)cc12.Brc1ccc2cc3cc(Br)ccc3cc2c1.OB(O)c1ccccc1.O[B]Oc1ccc2ccccc2c1.[2H]CF.[2H]CF.[B]=NS.[B]=NS.c1ccc(-c2ccc3c(-c4ccc5ccccc5c4)c4cc(-c5ccccc5)ccc4cc3c2)cc1.c1ccc(-c2ccc3cc4cc(-c5ccccc5)ccc4cc3c2)cc1. The van der Waals surface area contributed by atoms with Crippen LogP contribution in [0, 0.1) is 0 Å². The molecule has 0 unspecified atom stereocenters. The van der Waals surface area contributed by atoms with Crippen LogP contribution in [0.15, 0.2) is 501 Å². The molecule has 0 atom stereocenters. The van der Waals surface area contributed by atoms with E-state index in [1.807, 2.05) is 48.5 Å². The van der Waals surface area contributed by atoms with Gasteiger partial charge in [0.2, 0.25) is 0 Å². The molecule has 23 aromatic carbocycles. The fraction of sp³-hybridized carbons (Fsp3) is 0.0167. The molecule has 23 aromatic rings. The van der Waals surface area contributed by atoms with Crippen molar-refractivity contribution in [1.29, 1.82) is 0 Å². The molecule has 0 aliphatic rings. The van der Waals surface area contributed by atoms with Gasteiger partial charge in [-0.3, -0.25) is 8.78 Å². The van der Waals surface area contributed by atoms with Crippen LogP contribution in [0.3, 0.4) is 0 Å². The summed E-state index contributed by atoms with van der Waals surface area (Å²) >= 11 is 17.3. The third-order valence-electron chi connectivity index (χ3n) is 23.0. The minimum absolute atomic E-state index is 0.525. The van der Waals surface area contributed by atoms with Gasteiger partial charge in [0, 0.05) is 13.4 Å². The van der Waals surface area contributed by atoms with E-state index in [1.54, 1.807) is 24.3 Å². The molecular weight excluding hydrogens is 1920 g/mol. The predicted octanol–water partition coefficient (Wildman–Crippen LogP) is 33.7. The fourth-order valence-electron chi connectivity index (χ4n) is 16.6. The summed E-state index contributed by atoms with van der Waals surface area (Å²) < 4.78 is 44.6. The summed E-state index contributed by atoms with van der Waals surface area (Å²) in [4.78, 5) is 0. The monoisotopic (exact) mass is 2010 g/mol. The van der Waals surface area contributed by atoms with E-state index in [0.29, 0.717) is 18.9 Å². The first-order chi connectivity index (χ1) is 68.1. The standard InChI is InChI=1S/C36H24.C26H17Br.C26H18.C14H8Br2.C10H8BO2.C6H7BO2.2CH3F.2BHNS/c1-3-9-25(10-4-1)29-19-20-34-33(22-29)23-31-17-16-30(26-11-5-2-6-12-26)24-35(31)36(34)32-18-15-27-13-7-8-14-28(27)21-32;27-26-24-14-13-20(18-7-3-1-4-8-18)15-23(24)16-22-12-11-21(17-25(22)26)19-9-5-2-6-10-19;1-3-7-19(8-4-1)21-11-13-23-18-26-16-22(20-9-5-2-6-10-20)12-14-24(26)17-25(23)15-21;15-13-3-1-9-5-12-8-14(16)4-2-10(12)6-11(9)7-13;12-11-13-10-6-5-8-3-1-2-4-9(8)7-10;8-7(9)6-4-2-1-3-5-6;2*1-2;2*1-2-3/h1-24H;1-17H;1-18H;1-8H;1-7,12H;1-5,8-9H;2*1H3;2*3H/i;;;;;;2*1D;;. The number of benzene rings is 23. The first-order valence-electron chi connectivity index (χ1n) is 45.1. The molecule has 0 fully saturated rings. The van der Waals surface area contributed by atoms with Crippen molar-refractivity contribution < 1.29 is 31.2 Å². The van der Waals surface area contributed by atoms with Crippen molar-refractivity contribution in [2.24, 2.45) is 8.60 Å². The normalized spacial score (nSPS) is 10.6. The van der Waals surface area contributed by atoms with Crippen molar-refractivity contribution in [3.8, 4) is 83.6 Å². The third-order valence-corrected chi connectivity index (χ3v) is 24.9. The van der Waals surface area contributed by atoms with Crippen molar-refractivity contribution in [1.82, 2.24) is 0 Å². The second-order valence-electron chi connectivity index (χ2n) is 31.5. The molecule has 0 aliphatic heterocycles. The number of alkyl halides is 2. The molecule has 3 radical (unpaired) electrons. The Bertz CT molecular complexity index is 7890. The van der Waals surface area contributed by atoms with Gasteiger partial charge in [-0.1, -0.05) is 396 Å². The molecule has 23 rings (SSSR count). The minimum atomic E-state index is -1.34. The average molecular weight is 2010 g/mol. The molecule has 17 heteroatoms. The maximum absolute atomic E-state index is 9.96. The zero-order valence-corrected chi connectivity index (χ0v) is 80.8. The van der Waals surface area contributed by atoms with Gasteiger partial charge in [-0.25, -0.2) is 0 Å². The fourth-order valence-corrected chi connectivity index (χ4v) is 18.0. The number of nitrogens with zero attached hydrogens (tertiary/aromatic N) is 2. The number of halogens is 5. The Hall–Kier alpha value is -13.8. The van der Waals surface area contributed by atoms with Crippen LogP contribution in [0.5, 0.6) is 5.75 Å². The Morgan fingerprint density at radius 1 is 0.263 bits per heavy atom. The Labute approximate surface area is 840 Å². The molecule has 0 saturated heterocycles. The Morgan fingerprint density at radius 3 is 0.898 bits per heavy atom. The van der Waals surface area contributed by atoms with Gasteiger partial charge in [0.15, 0.2) is 0 Å². The number of rotatable bonds is 10. The van der Waals surface area contributed by atoms with E-state index in [4.69, 9.17) is 22.5 Å². The average Bonchev–Trinajstić information content (AvgIpc) is 0.754. The van der Waals surface area contributed by atoms with Crippen LogP contribution in [0.1, 0.15) is 2.74 Å². The van der Waals surface area contributed by atoms with Crippen LogP contribution in [0.25, 0.3) is 186 Å². The van der Waals surface area contributed by atoms with Gasteiger partial charge in [-0.15, -0.1) is 0 Å². The zero-order valence-electron chi connectivity index (χ0n) is 76.3. The van der Waals surface area contributed by atoms with Gasteiger partial charge in [-0.05, 0) is 322 Å². The zero-order chi connectivity index (χ0) is 97.2. The van der Waals surface area contributed by atoms with Crippen molar-refractivity contribution in [3.05, 3.63) is 493 Å². The number of hydrogen-bond donors (Lipinski definition) is 5. The molecule has 0 bridgehead atoms. The van der Waals surface area contributed by atoms with Gasteiger partial charge in [0.25, 0.3) is 0 Å². The Morgan fingerprint density at radius 2 is 0.518 bits per heavy atom. The third kappa shape index (κ3) is 25.9. The van der Waals surface area contributed by atoms with Crippen LogP contribution >= 0.6 is 73.4 Å². The van der Waals surface area contributed by atoms with Crippen LogP contribution < -0.4 is 10.1 Å². The minimum Gasteiger partial charge on any atom is -0.0622 e. The molecule has 6 nitrogen and oxygen atoms in total. The topological polar surface area (TPSA) is 94.6 Å². The largest absolute Gasteiger partial charge is 0.0622 e. The molecule has 663 valence electrons. The maximum atomic E-state index is 9.96. The van der Waals surface area contributed by atoms with Gasteiger partial charge in [0.1, 0.15) is 5.75 Å². The van der Waals surface area contributed by atoms with E-state index in [2.05, 4.69) is 504 Å². The molecule has 3 N–H and O–H groups in total. The second-order valence-corrected chi connectivity index (χ2v) is 34.6. The first kappa shape index (κ1) is 96.3. The molecule has 0 heterocycles. The van der Waals surface area contributed by atoms with E-state index in [-0.39, 0.29) is 0 Å². The summed E-state index contributed by atoms with van der Waals surface area (Å²) in [6.07, 6.45) is 0. The van der Waals surface area contributed by atoms with Crippen molar-refractivity contribution >= 4 is 217 Å². The first-order valence-corrected chi connectivity index (χ1v) is 46.8. The van der Waals surface area contributed by atoms with E-state index in [0.717, 1.165) is 24.2 Å². The quantitative estimate of drug-likeness (QED) is 0.0536.